The number of carbonyl (C=O) groups excluding carboxylic acids is 2. The van der Waals surface area contributed by atoms with Gasteiger partial charge in [0.25, 0.3) is 0 Å². The lowest BCUT2D eigenvalue weighted by Gasteiger charge is -2.54. The number of ether oxygens (including phenoxy) is 6. The van der Waals surface area contributed by atoms with Gasteiger partial charge in [-0.3, -0.25) is 9.59 Å². The molecule has 0 aromatic heterocycles. The van der Waals surface area contributed by atoms with Gasteiger partial charge in [0.2, 0.25) is 5.79 Å². The lowest BCUT2D eigenvalue weighted by Crippen LogP contribution is -2.63. The zero-order chi connectivity index (χ0) is 42.1. The van der Waals surface area contributed by atoms with Crippen molar-refractivity contribution in [3.05, 3.63) is 12.2 Å². The molecule has 3 N–H and O–H groups in total. The second-order valence-corrected chi connectivity index (χ2v) is 19.1. The van der Waals surface area contributed by atoms with Crippen LogP contribution < -0.4 is 0 Å². The Morgan fingerprint density at radius 3 is 2.23 bits per heavy atom. The van der Waals surface area contributed by atoms with Crippen LogP contribution in [0.25, 0.3) is 0 Å². The fourth-order valence-electron chi connectivity index (χ4n) is 10.9. The number of esters is 1. The third-order valence-electron chi connectivity index (χ3n) is 15.2. The van der Waals surface area contributed by atoms with E-state index in [-0.39, 0.29) is 65.8 Å². The van der Waals surface area contributed by atoms with Crippen molar-refractivity contribution >= 4 is 11.8 Å². The minimum Gasteiger partial charge on any atom is -0.465 e. The topological polar surface area (TPSA) is 150 Å². The lowest BCUT2D eigenvalue weighted by atomic mass is 9.72. The van der Waals surface area contributed by atoms with E-state index in [2.05, 4.69) is 27.7 Å². The van der Waals surface area contributed by atoms with Crippen LogP contribution in [-0.4, -0.2) is 99.2 Å². The molecule has 0 amide bonds. The van der Waals surface area contributed by atoms with Gasteiger partial charge in [-0.2, -0.15) is 0 Å². The molecule has 5 aliphatic heterocycles. The molecule has 0 aliphatic carbocycles. The molecule has 2 spiro atoms. The number of aliphatic hydroxyl groups is 3. The maximum absolute atomic E-state index is 14.6. The number of Topliss-reactive ketones (excluding diaryl/α,β-unsaturated/α-hetero) is 1. The molecule has 11 heteroatoms. The normalized spacial score (nSPS) is 43.7. The third-order valence-corrected chi connectivity index (χ3v) is 15.2. The SMILES string of the molecule is CCCCOC(=O)[C@H](CC)[C@H]1CC[C@H](C)[C@H]([C@@H](C)[C@H](O)[C@H](C)C(=O)[C@H](CC)[C@H]2O[C@]3(C=C[C@@H](O)[C@]4(CC[C@@](C)([C@H]5CC[C@](O)(CC)[C@H](C)O5)O4)O3)[C@H](C)C[C@@H]2C)O1. The van der Waals surface area contributed by atoms with Crippen LogP contribution in [0.4, 0.5) is 0 Å². The van der Waals surface area contributed by atoms with E-state index in [1.54, 1.807) is 6.08 Å². The highest BCUT2D eigenvalue weighted by atomic mass is 16.8. The third kappa shape index (κ3) is 9.26. The summed E-state index contributed by atoms with van der Waals surface area (Å²) in [5, 5.41) is 34.4. The first-order valence-electron chi connectivity index (χ1n) is 22.7. The van der Waals surface area contributed by atoms with Crippen molar-refractivity contribution in [2.75, 3.05) is 6.61 Å². The predicted octanol–water partition coefficient (Wildman–Crippen LogP) is 7.45. The molecular weight excluding hydrogens is 728 g/mol. The van der Waals surface area contributed by atoms with E-state index in [4.69, 9.17) is 28.4 Å². The van der Waals surface area contributed by atoms with Crippen molar-refractivity contribution in [2.45, 2.75) is 219 Å². The van der Waals surface area contributed by atoms with Gasteiger partial charge in [0.1, 0.15) is 11.9 Å². The Bertz CT molecular complexity index is 1390. The molecule has 0 bridgehead atoms. The van der Waals surface area contributed by atoms with Crippen molar-refractivity contribution < 1.29 is 53.3 Å². The van der Waals surface area contributed by atoms with Crippen molar-refractivity contribution in [1.82, 2.24) is 0 Å². The van der Waals surface area contributed by atoms with Crippen LogP contribution in [0.15, 0.2) is 12.2 Å². The second kappa shape index (κ2) is 18.7. The zero-order valence-electron chi connectivity index (χ0n) is 37.0. The number of unbranched alkanes of at least 4 members (excludes halogenated alkanes) is 1. The highest BCUT2D eigenvalue weighted by Gasteiger charge is 2.63. The van der Waals surface area contributed by atoms with Crippen LogP contribution >= 0.6 is 0 Å². The fraction of sp³-hybridized carbons (Fsp3) is 0.913. The van der Waals surface area contributed by atoms with E-state index in [0.29, 0.717) is 51.6 Å². The first-order valence-corrected chi connectivity index (χ1v) is 22.7. The minimum atomic E-state index is -1.36. The molecule has 328 valence electrons. The fourth-order valence-corrected chi connectivity index (χ4v) is 10.9. The summed E-state index contributed by atoms with van der Waals surface area (Å²) in [5.74, 6) is -4.72. The standard InChI is InChI=1S/C46H78O11/c1-12-16-25-52-42(50)33(13-2)35-18-17-27(5)40(54-35)31(9)38(48)30(8)39(49)34(14-3)41-28(6)26-29(7)45(55-41)22-19-36(47)46(57-45)24-23-43(11,56-46)37-20-21-44(51,15-4)32(10)53-37/h19,22,27-38,40-41,47-48,51H,12-18,20-21,23-26H2,1-11H3/t27-,28-,29+,30-,31-,32-,33+,34-,35+,36+,37+,38+,40+,41-,43-,44+,45-,46-/m0/s1. The molecule has 4 saturated heterocycles. The molecule has 5 heterocycles. The van der Waals surface area contributed by atoms with Crippen LogP contribution in [0.1, 0.15) is 153 Å². The summed E-state index contributed by atoms with van der Waals surface area (Å²) in [7, 11) is 0. The Labute approximate surface area is 343 Å². The van der Waals surface area contributed by atoms with Gasteiger partial charge in [-0.15, -0.1) is 0 Å². The number of carbonyl (C=O) groups is 2. The van der Waals surface area contributed by atoms with Crippen molar-refractivity contribution in [3.8, 4) is 0 Å². The maximum atomic E-state index is 14.6. The van der Waals surface area contributed by atoms with Gasteiger partial charge in [0.05, 0.1) is 60.4 Å². The summed E-state index contributed by atoms with van der Waals surface area (Å²) in [6, 6.07) is 0. The average molecular weight is 807 g/mol. The molecule has 0 radical (unpaired) electrons. The molecule has 5 rings (SSSR count). The average Bonchev–Trinajstić information content (AvgIpc) is 3.53. The Morgan fingerprint density at radius 1 is 0.895 bits per heavy atom. The number of aliphatic hydroxyl groups excluding tert-OH is 2. The van der Waals surface area contributed by atoms with Crippen molar-refractivity contribution in [2.24, 2.45) is 41.4 Å². The highest BCUT2D eigenvalue weighted by Crippen LogP contribution is 2.54. The molecule has 5 aliphatic rings. The van der Waals surface area contributed by atoms with Gasteiger partial charge in [-0.05, 0) is 102 Å². The molecule has 57 heavy (non-hydrogen) atoms. The lowest BCUT2D eigenvalue weighted by molar-refractivity contribution is -0.409. The van der Waals surface area contributed by atoms with E-state index in [1.807, 2.05) is 54.5 Å². The minimum absolute atomic E-state index is 0.0239. The molecule has 0 unspecified atom stereocenters. The van der Waals surface area contributed by atoms with Gasteiger partial charge < -0.3 is 43.7 Å². The summed E-state index contributed by atoms with van der Waals surface area (Å²) < 4.78 is 39.4. The van der Waals surface area contributed by atoms with E-state index < -0.39 is 52.9 Å². The molecule has 0 saturated carbocycles. The molecule has 18 atom stereocenters. The molecule has 0 aromatic carbocycles. The van der Waals surface area contributed by atoms with E-state index in [0.717, 1.165) is 32.1 Å². The van der Waals surface area contributed by atoms with Crippen molar-refractivity contribution in [1.29, 1.82) is 0 Å². The summed E-state index contributed by atoms with van der Waals surface area (Å²) in [6.45, 7) is 22.4. The first-order chi connectivity index (χ1) is 26.8. The van der Waals surface area contributed by atoms with Gasteiger partial charge in [0, 0.05) is 30.1 Å². The van der Waals surface area contributed by atoms with E-state index in [9.17, 15) is 24.9 Å². The smallest absolute Gasteiger partial charge is 0.311 e. The van der Waals surface area contributed by atoms with Crippen LogP contribution in [0.2, 0.25) is 0 Å². The van der Waals surface area contributed by atoms with E-state index in [1.165, 1.54) is 0 Å². The molecule has 4 fully saturated rings. The summed E-state index contributed by atoms with van der Waals surface area (Å²) in [5.41, 5.74) is -1.62. The largest absolute Gasteiger partial charge is 0.465 e. The zero-order valence-corrected chi connectivity index (χ0v) is 37.0. The molecular formula is C46H78O11. The summed E-state index contributed by atoms with van der Waals surface area (Å²) in [6.07, 6.45) is 7.92. The van der Waals surface area contributed by atoms with Gasteiger partial charge in [-0.25, -0.2) is 0 Å². The van der Waals surface area contributed by atoms with Gasteiger partial charge in [-0.1, -0.05) is 68.7 Å². The molecule has 0 aromatic rings. The van der Waals surface area contributed by atoms with Crippen molar-refractivity contribution in [3.63, 3.8) is 0 Å². The Morgan fingerprint density at radius 2 is 1.60 bits per heavy atom. The van der Waals surface area contributed by atoms with Gasteiger partial charge >= 0.3 is 5.97 Å². The second-order valence-electron chi connectivity index (χ2n) is 19.1. The Kier molecular flexibility index (Phi) is 15.3. The monoisotopic (exact) mass is 807 g/mol. The predicted molar refractivity (Wildman–Crippen MR) is 217 cm³/mol. The molecule has 11 nitrogen and oxygen atoms in total. The van der Waals surface area contributed by atoms with Crippen LogP contribution in [0.5, 0.6) is 0 Å². The number of hydrogen-bond donors (Lipinski definition) is 3. The van der Waals surface area contributed by atoms with Crippen LogP contribution in [0, 0.1) is 41.4 Å². The van der Waals surface area contributed by atoms with Gasteiger partial charge in [0.15, 0.2) is 5.79 Å². The first kappa shape index (κ1) is 46.6. The van der Waals surface area contributed by atoms with E-state index >= 15 is 0 Å². The quantitative estimate of drug-likeness (QED) is 0.0861. The Balaban J connectivity index is 1.29. The number of hydrogen-bond acceptors (Lipinski definition) is 11. The van der Waals surface area contributed by atoms with Crippen LogP contribution in [0.3, 0.4) is 0 Å². The Hall–Kier alpha value is -1.44. The highest BCUT2D eigenvalue weighted by molar-refractivity contribution is 5.84. The maximum Gasteiger partial charge on any atom is 0.311 e. The summed E-state index contributed by atoms with van der Waals surface area (Å²) >= 11 is 0. The number of rotatable bonds is 15. The number of ketones is 1. The summed E-state index contributed by atoms with van der Waals surface area (Å²) in [4.78, 5) is 27.6. The van der Waals surface area contributed by atoms with Crippen LogP contribution in [-0.2, 0) is 38.0 Å².